The molecule has 0 bridgehead atoms. The maximum atomic E-state index is 11.5. The Bertz CT molecular complexity index is 348. The first-order valence-corrected chi connectivity index (χ1v) is 5.20. The van der Waals surface area contributed by atoms with Crippen molar-refractivity contribution in [2.45, 2.75) is 13.8 Å². The second-order valence-corrected chi connectivity index (χ2v) is 3.36. The zero-order chi connectivity index (χ0) is 12.7. The lowest BCUT2D eigenvalue weighted by Gasteiger charge is -2.08. The van der Waals surface area contributed by atoms with Gasteiger partial charge in [-0.25, -0.2) is 0 Å². The lowest BCUT2D eigenvalue weighted by Crippen LogP contribution is -2.21. The lowest BCUT2D eigenvalue weighted by atomic mass is 10.1. The summed E-state index contributed by atoms with van der Waals surface area (Å²) < 4.78 is 0. The number of carbonyl (C=O) groups is 1. The van der Waals surface area contributed by atoms with Crippen molar-refractivity contribution in [1.29, 1.82) is 0 Å². The van der Waals surface area contributed by atoms with Gasteiger partial charge >= 0.3 is 0 Å². The highest BCUT2D eigenvalue weighted by Crippen LogP contribution is 2.24. The minimum Gasteiger partial charge on any atom is -0.504 e. The second-order valence-electron chi connectivity index (χ2n) is 3.36. The first-order valence-electron chi connectivity index (χ1n) is 5.20. The molecule has 0 aliphatic carbocycles. The van der Waals surface area contributed by atoms with Crippen molar-refractivity contribution in [2.75, 3.05) is 20.6 Å². The van der Waals surface area contributed by atoms with Crippen molar-refractivity contribution in [1.82, 2.24) is 4.90 Å². The van der Waals surface area contributed by atoms with Gasteiger partial charge in [0, 0.05) is 5.56 Å². The zero-order valence-electron chi connectivity index (χ0n) is 10.2. The summed E-state index contributed by atoms with van der Waals surface area (Å²) in [6.07, 6.45) is 0. The quantitative estimate of drug-likeness (QED) is 0.609. The van der Waals surface area contributed by atoms with E-state index in [1.54, 1.807) is 19.0 Å². The van der Waals surface area contributed by atoms with Crippen LogP contribution in [0.1, 0.15) is 24.2 Å². The average Bonchev–Trinajstić information content (AvgIpc) is 2.24. The molecule has 0 saturated heterocycles. The van der Waals surface area contributed by atoms with Crippen LogP contribution in [0.25, 0.3) is 0 Å². The molecular weight excluding hydrogens is 206 g/mol. The fourth-order valence-electron chi connectivity index (χ4n) is 1.08. The first-order chi connectivity index (χ1) is 7.50. The Labute approximate surface area is 96.1 Å². The average molecular weight is 225 g/mol. The summed E-state index contributed by atoms with van der Waals surface area (Å²) in [5.41, 5.74) is 0.397. The Hall–Kier alpha value is -1.55. The first kappa shape index (κ1) is 14.5. The summed E-state index contributed by atoms with van der Waals surface area (Å²) in [6.45, 7) is 4.28. The second kappa shape index (κ2) is 6.85. The molecule has 1 aromatic rings. The van der Waals surface area contributed by atoms with E-state index in [2.05, 4.69) is 0 Å². The normalized spacial score (nSPS) is 9.56. The molecule has 0 amide bonds. The Morgan fingerprint density at radius 2 is 1.75 bits per heavy atom. The Morgan fingerprint density at radius 3 is 2.19 bits per heavy atom. The summed E-state index contributed by atoms with van der Waals surface area (Å²) in [7, 11) is 3.58. The van der Waals surface area contributed by atoms with Crippen molar-refractivity contribution in [3.63, 3.8) is 0 Å². The standard InChI is InChI=1S/C10H13NO3.C2H6/c1-11(2)6-10(14)7-3-4-8(12)9(13)5-7;1-2/h3-5,12-13H,6H2,1-2H3;1-2H3. The minimum atomic E-state index is -0.269. The van der Waals surface area contributed by atoms with Gasteiger partial charge in [-0.1, -0.05) is 13.8 Å². The molecule has 0 heterocycles. The third-order valence-corrected chi connectivity index (χ3v) is 1.76. The van der Waals surface area contributed by atoms with Gasteiger partial charge in [-0.15, -0.1) is 0 Å². The van der Waals surface area contributed by atoms with E-state index >= 15 is 0 Å². The molecule has 90 valence electrons. The maximum Gasteiger partial charge on any atom is 0.176 e. The van der Waals surface area contributed by atoms with Gasteiger partial charge < -0.3 is 15.1 Å². The van der Waals surface area contributed by atoms with E-state index in [4.69, 9.17) is 10.2 Å². The number of carbonyl (C=O) groups excluding carboxylic acids is 1. The van der Waals surface area contributed by atoms with Crippen LogP contribution in [0.2, 0.25) is 0 Å². The van der Waals surface area contributed by atoms with Gasteiger partial charge in [-0.2, -0.15) is 0 Å². The summed E-state index contributed by atoms with van der Waals surface area (Å²) >= 11 is 0. The number of phenolic OH excluding ortho intramolecular Hbond substituents is 2. The van der Waals surface area contributed by atoms with Crippen LogP contribution in [0.5, 0.6) is 11.5 Å². The minimum absolute atomic E-state index is 0.0923. The van der Waals surface area contributed by atoms with Crippen LogP contribution in [-0.2, 0) is 0 Å². The SMILES string of the molecule is CC.CN(C)CC(=O)c1ccc(O)c(O)c1. The third kappa shape index (κ3) is 4.31. The number of likely N-dealkylation sites (N-methyl/N-ethyl adjacent to an activating group) is 1. The number of phenols is 2. The molecule has 16 heavy (non-hydrogen) atoms. The van der Waals surface area contributed by atoms with E-state index < -0.39 is 0 Å². The molecule has 0 aromatic heterocycles. The molecule has 2 N–H and O–H groups in total. The van der Waals surface area contributed by atoms with Crippen molar-refractivity contribution in [2.24, 2.45) is 0 Å². The molecule has 0 fully saturated rings. The number of aromatic hydroxyl groups is 2. The van der Waals surface area contributed by atoms with Gasteiger partial charge in [0.1, 0.15) is 0 Å². The van der Waals surface area contributed by atoms with E-state index in [9.17, 15) is 4.79 Å². The number of hydrogen-bond donors (Lipinski definition) is 2. The van der Waals surface area contributed by atoms with E-state index in [1.165, 1.54) is 18.2 Å². The van der Waals surface area contributed by atoms with Gasteiger partial charge in [0.05, 0.1) is 6.54 Å². The van der Waals surface area contributed by atoms with E-state index in [0.29, 0.717) is 5.56 Å². The molecule has 4 heteroatoms. The van der Waals surface area contributed by atoms with Gasteiger partial charge in [0.15, 0.2) is 17.3 Å². The predicted octanol–water partition coefficient (Wildman–Crippen LogP) is 1.87. The van der Waals surface area contributed by atoms with Gasteiger partial charge in [-0.05, 0) is 32.3 Å². The monoisotopic (exact) mass is 225 g/mol. The molecule has 0 radical (unpaired) electrons. The van der Waals surface area contributed by atoms with Crippen molar-refractivity contribution in [3.05, 3.63) is 23.8 Å². The molecule has 4 nitrogen and oxygen atoms in total. The highest BCUT2D eigenvalue weighted by atomic mass is 16.3. The number of Topliss-reactive ketones (excluding diaryl/α,β-unsaturated/α-hetero) is 1. The Balaban J connectivity index is 0.00000106. The highest BCUT2D eigenvalue weighted by molar-refractivity contribution is 5.98. The molecular formula is C12H19NO3. The van der Waals surface area contributed by atoms with Crippen LogP contribution in [0.15, 0.2) is 18.2 Å². The van der Waals surface area contributed by atoms with Gasteiger partial charge in [0.25, 0.3) is 0 Å². The summed E-state index contributed by atoms with van der Waals surface area (Å²) in [5.74, 6) is -0.577. The van der Waals surface area contributed by atoms with Crippen LogP contribution >= 0.6 is 0 Å². The maximum absolute atomic E-state index is 11.5. The fourth-order valence-corrected chi connectivity index (χ4v) is 1.08. The van der Waals surface area contributed by atoms with Crippen LogP contribution in [-0.4, -0.2) is 41.5 Å². The molecule has 0 atom stereocenters. The number of rotatable bonds is 3. The zero-order valence-corrected chi connectivity index (χ0v) is 10.2. The van der Waals surface area contributed by atoms with Crippen LogP contribution in [0, 0.1) is 0 Å². The third-order valence-electron chi connectivity index (χ3n) is 1.76. The largest absolute Gasteiger partial charge is 0.504 e. The molecule has 1 rings (SSSR count). The molecule has 0 saturated carbocycles. The fraction of sp³-hybridized carbons (Fsp3) is 0.417. The number of nitrogens with zero attached hydrogens (tertiary/aromatic N) is 1. The molecule has 1 aromatic carbocycles. The smallest absolute Gasteiger partial charge is 0.176 e. The van der Waals surface area contributed by atoms with Gasteiger partial charge in [0.2, 0.25) is 0 Å². The topological polar surface area (TPSA) is 60.8 Å². The van der Waals surface area contributed by atoms with Crippen LogP contribution in [0.4, 0.5) is 0 Å². The predicted molar refractivity (Wildman–Crippen MR) is 64.0 cm³/mol. The number of hydrogen-bond acceptors (Lipinski definition) is 4. The summed E-state index contributed by atoms with van der Waals surface area (Å²) in [4.78, 5) is 13.2. The molecule has 0 unspecified atom stereocenters. The van der Waals surface area contributed by atoms with E-state index in [1.807, 2.05) is 13.8 Å². The lowest BCUT2D eigenvalue weighted by molar-refractivity contribution is 0.0957. The van der Waals surface area contributed by atoms with Gasteiger partial charge in [-0.3, -0.25) is 4.79 Å². The van der Waals surface area contributed by atoms with E-state index in [-0.39, 0.29) is 23.8 Å². The van der Waals surface area contributed by atoms with Crippen molar-refractivity contribution in [3.8, 4) is 11.5 Å². The number of benzene rings is 1. The van der Waals surface area contributed by atoms with Crippen LogP contribution < -0.4 is 0 Å². The van der Waals surface area contributed by atoms with Crippen molar-refractivity contribution >= 4 is 5.78 Å². The summed E-state index contributed by atoms with van der Waals surface area (Å²) in [6, 6.07) is 4.06. The van der Waals surface area contributed by atoms with Crippen LogP contribution in [0.3, 0.4) is 0 Å². The molecule has 0 aliphatic heterocycles. The highest BCUT2D eigenvalue weighted by Gasteiger charge is 2.09. The summed E-state index contributed by atoms with van der Waals surface area (Å²) in [5, 5.41) is 18.2. The Morgan fingerprint density at radius 1 is 1.19 bits per heavy atom. The molecule has 0 aliphatic rings. The number of ketones is 1. The Kier molecular flexibility index (Phi) is 6.18. The van der Waals surface area contributed by atoms with Crippen molar-refractivity contribution < 1.29 is 15.0 Å². The van der Waals surface area contributed by atoms with E-state index in [0.717, 1.165) is 0 Å². The molecule has 0 spiro atoms.